The van der Waals surface area contributed by atoms with Crippen molar-refractivity contribution in [2.75, 3.05) is 13.1 Å². The second-order valence-corrected chi connectivity index (χ2v) is 14.0. The van der Waals surface area contributed by atoms with Crippen LogP contribution in [0.1, 0.15) is 63.5 Å². The number of benzene rings is 4. The van der Waals surface area contributed by atoms with Crippen LogP contribution < -0.4 is 20.1 Å². The first-order valence-corrected chi connectivity index (χ1v) is 19.1. The summed E-state index contributed by atoms with van der Waals surface area (Å²) in [6.45, 7) is 6.99. The molecule has 12 nitrogen and oxygen atoms in total. The number of phenols is 2. The average Bonchev–Trinajstić information content (AvgIpc) is 3.65. The fourth-order valence-corrected chi connectivity index (χ4v) is 6.83. The number of hydrogen-bond acceptors (Lipinski definition) is 8. The summed E-state index contributed by atoms with van der Waals surface area (Å²) >= 11 is 0. The van der Waals surface area contributed by atoms with Gasteiger partial charge in [0.05, 0.1) is 23.9 Å². The van der Waals surface area contributed by atoms with Crippen molar-refractivity contribution in [3.63, 3.8) is 0 Å². The zero-order valence-electron chi connectivity index (χ0n) is 34.3. The summed E-state index contributed by atoms with van der Waals surface area (Å²) < 4.78 is 141. The maximum Gasteiger partial charge on any atom is 0.573 e. The van der Waals surface area contributed by atoms with Gasteiger partial charge in [-0.1, -0.05) is 6.92 Å². The molecule has 4 N–H and O–H groups in total. The third-order valence-electron chi connectivity index (χ3n) is 9.67. The molecule has 6 rings (SSSR count). The number of likely N-dealkylation sites (N-methyl/N-ethyl adjacent to an activating group) is 1. The Morgan fingerprint density at radius 2 is 0.954 bits per heavy atom. The Hall–Kier alpha value is -7.26. The van der Waals surface area contributed by atoms with Crippen LogP contribution in [0.5, 0.6) is 23.0 Å². The number of hydrogen-bond donors (Lipinski definition) is 4. The predicted molar refractivity (Wildman–Crippen MR) is 212 cm³/mol. The van der Waals surface area contributed by atoms with Crippen LogP contribution in [0.2, 0.25) is 0 Å². The van der Waals surface area contributed by atoms with E-state index in [0.717, 1.165) is 69.8 Å². The van der Waals surface area contributed by atoms with E-state index in [0.29, 0.717) is 19.5 Å². The summed E-state index contributed by atoms with van der Waals surface area (Å²) in [5, 5.41) is 24.0. The maximum atomic E-state index is 14.8. The van der Waals surface area contributed by atoms with Gasteiger partial charge in [-0.3, -0.25) is 28.3 Å². The van der Waals surface area contributed by atoms with E-state index in [1.54, 1.807) is 6.92 Å². The zero-order valence-corrected chi connectivity index (χ0v) is 34.3. The maximum absolute atomic E-state index is 14.8. The molecule has 0 aliphatic rings. The summed E-state index contributed by atoms with van der Waals surface area (Å²) in [5.74, 6) is -11.5. The lowest BCUT2D eigenvalue weighted by atomic mass is 10.1. The summed E-state index contributed by atoms with van der Waals surface area (Å²) in [4.78, 5) is 50.6. The lowest BCUT2D eigenvalue weighted by Crippen LogP contribution is -2.26. The van der Waals surface area contributed by atoms with Crippen LogP contribution in [0.4, 0.5) is 43.9 Å². The summed E-state index contributed by atoms with van der Waals surface area (Å²) in [7, 11) is 0. The number of aromatic hydroxyl groups is 2. The molecule has 0 saturated heterocycles. The van der Waals surface area contributed by atoms with Gasteiger partial charge in [0.1, 0.15) is 11.5 Å². The molecule has 0 spiro atoms. The van der Waals surface area contributed by atoms with Crippen molar-refractivity contribution in [3.8, 4) is 23.0 Å². The number of amides is 2. The van der Waals surface area contributed by atoms with Crippen LogP contribution >= 0.6 is 0 Å². The number of alkyl halides is 6. The van der Waals surface area contributed by atoms with Crippen molar-refractivity contribution in [1.82, 2.24) is 19.8 Å². The molecule has 2 aromatic heterocycles. The molecule has 65 heavy (non-hydrogen) atoms. The van der Waals surface area contributed by atoms with E-state index >= 15 is 0 Å². The minimum absolute atomic E-state index is 0.0594. The van der Waals surface area contributed by atoms with Crippen LogP contribution in [0, 0.1) is 37.1 Å². The number of nitrogens with zero attached hydrogens (tertiary/aromatic N) is 2. The molecule has 0 fully saturated rings. The first-order chi connectivity index (χ1) is 30.4. The number of nitrogens with one attached hydrogen (secondary N) is 2. The van der Waals surface area contributed by atoms with Crippen molar-refractivity contribution in [2.45, 2.75) is 59.7 Å². The van der Waals surface area contributed by atoms with Gasteiger partial charge in [0.15, 0.2) is 34.8 Å². The topological polar surface area (TPSA) is 161 Å². The molecule has 0 atom stereocenters. The number of aromatic nitrogens is 2. The highest BCUT2D eigenvalue weighted by molar-refractivity contribution is 6.06. The molecule has 0 aliphatic carbocycles. The Bertz CT molecular complexity index is 2800. The van der Waals surface area contributed by atoms with Crippen LogP contribution in [-0.4, -0.2) is 68.8 Å². The van der Waals surface area contributed by atoms with Crippen LogP contribution in [0.15, 0.2) is 60.7 Å². The lowest BCUT2D eigenvalue weighted by molar-refractivity contribution is -0.275. The molecule has 0 aliphatic heterocycles. The summed E-state index contributed by atoms with van der Waals surface area (Å²) in [5.41, 5.74) is -0.328. The fourth-order valence-electron chi connectivity index (χ4n) is 6.83. The first-order valence-electron chi connectivity index (χ1n) is 19.1. The monoisotopic (exact) mass is 926 g/mol. The average molecular weight is 927 g/mol. The molecule has 4 aromatic carbocycles. The van der Waals surface area contributed by atoms with Crippen LogP contribution in [-0.2, 0) is 22.4 Å². The number of ether oxygens (including phenoxy) is 2. The number of rotatable bonds is 11. The number of phenolic OH excluding ortho intramolecular Hbond substituents is 2. The third kappa shape index (κ3) is 10.8. The Kier molecular flexibility index (Phi) is 14.4. The van der Waals surface area contributed by atoms with Crippen molar-refractivity contribution < 1.29 is 82.8 Å². The lowest BCUT2D eigenvalue weighted by Gasteiger charge is -2.11. The van der Waals surface area contributed by atoms with Gasteiger partial charge in [-0.05, 0) is 86.8 Å². The molecule has 0 bridgehead atoms. The first kappa shape index (κ1) is 48.8. The third-order valence-corrected chi connectivity index (χ3v) is 9.67. The fraction of sp³-hybridized carbons (Fsp3) is 0.256. The number of fused-ring (bicyclic) bond motifs is 2. The van der Waals surface area contributed by atoms with Crippen LogP contribution in [0.3, 0.4) is 0 Å². The minimum Gasteiger partial charge on any atom is -0.503 e. The Morgan fingerprint density at radius 1 is 0.600 bits per heavy atom. The molecular weight excluding hydrogens is 890 g/mol. The predicted octanol–water partition coefficient (Wildman–Crippen LogP) is 8.79. The summed E-state index contributed by atoms with van der Waals surface area (Å²) in [6.07, 6.45) is -9.87. The van der Waals surface area contributed by atoms with E-state index in [9.17, 15) is 73.3 Å². The Balaban J connectivity index is 0.000000244. The molecule has 0 radical (unpaired) electrons. The smallest absolute Gasteiger partial charge is 0.503 e. The molecule has 22 heteroatoms. The van der Waals surface area contributed by atoms with E-state index in [4.69, 9.17) is 0 Å². The molecule has 2 amide bonds. The van der Waals surface area contributed by atoms with Gasteiger partial charge in [-0.25, -0.2) is 17.6 Å². The van der Waals surface area contributed by atoms with Crippen molar-refractivity contribution in [2.24, 2.45) is 0 Å². The molecule has 346 valence electrons. The van der Waals surface area contributed by atoms with E-state index < -0.39 is 82.6 Å². The quantitative estimate of drug-likeness (QED) is 0.0939. The van der Waals surface area contributed by atoms with Crippen molar-refractivity contribution in [3.05, 3.63) is 118 Å². The second-order valence-electron chi connectivity index (χ2n) is 14.0. The molecule has 0 unspecified atom stereocenters. The summed E-state index contributed by atoms with van der Waals surface area (Å²) in [6, 6.07) is 9.45. The van der Waals surface area contributed by atoms with Crippen LogP contribution in [0.25, 0.3) is 21.8 Å². The number of halogens is 10. The Labute approximate surface area is 361 Å². The SMILES string of the molecule is CCCNC(=O)Cc1c(C)n(C(=O)c2ccc(OC(F)(F)F)cc2)c2cc(F)c(O)c(F)c12.CCNC(=O)Cc1c(C)n(C(=O)c2ccc(OC(F)(F)F)cc2)c2cc(F)c(O)c(F)c12. The van der Waals surface area contributed by atoms with Gasteiger partial charge < -0.3 is 30.3 Å². The van der Waals surface area contributed by atoms with Crippen molar-refractivity contribution in [1.29, 1.82) is 0 Å². The van der Waals surface area contributed by atoms with E-state index in [2.05, 4.69) is 20.1 Å². The van der Waals surface area contributed by atoms with Crippen molar-refractivity contribution >= 4 is 45.4 Å². The number of carbonyl (C=O) groups excluding carboxylic acids is 4. The zero-order chi connectivity index (χ0) is 48.3. The standard InChI is InChI=1S/C22H19F5N2O4.C21H17F5N2O4/c1-3-8-28-17(30)9-14-11(2)29(16-10-15(23)20(31)19(24)18(14)16)21(32)12-4-6-13(7-5-12)33-22(25,26)27;1-3-27-16(29)8-13-10(2)28(15-9-14(22)19(30)18(23)17(13)15)20(31)11-4-6-12(7-5-11)32-21(24,25)26/h4-7,10,31H,3,8-9H2,1-2H3,(H,28,30);4-7,9,30H,3,8H2,1-2H3,(H,27,29). The van der Waals surface area contributed by atoms with Gasteiger partial charge in [-0.15, -0.1) is 26.3 Å². The van der Waals surface area contributed by atoms with Gasteiger partial charge in [0, 0.05) is 58.5 Å². The van der Waals surface area contributed by atoms with E-state index in [-0.39, 0.29) is 68.3 Å². The largest absolute Gasteiger partial charge is 0.573 e. The highest BCUT2D eigenvalue weighted by Crippen LogP contribution is 2.37. The molecule has 6 aromatic rings. The molecule has 0 saturated carbocycles. The minimum atomic E-state index is -4.91. The van der Waals surface area contributed by atoms with E-state index in [1.807, 2.05) is 6.92 Å². The van der Waals surface area contributed by atoms with Gasteiger partial charge >= 0.3 is 12.7 Å². The molecular formula is C43H36F10N4O8. The second kappa shape index (κ2) is 19.2. The van der Waals surface area contributed by atoms with E-state index in [1.165, 1.54) is 13.8 Å². The normalized spacial score (nSPS) is 11.6. The van der Waals surface area contributed by atoms with Gasteiger partial charge in [0.2, 0.25) is 11.8 Å². The highest BCUT2D eigenvalue weighted by atomic mass is 19.4. The Morgan fingerprint density at radius 3 is 1.28 bits per heavy atom. The van der Waals surface area contributed by atoms with Gasteiger partial charge in [0.25, 0.3) is 11.8 Å². The molecule has 2 heterocycles. The van der Waals surface area contributed by atoms with Gasteiger partial charge in [-0.2, -0.15) is 0 Å². The highest BCUT2D eigenvalue weighted by Gasteiger charge is 2.33. The number of carbonyl (C=O) groups is 4.